The SMILES string of the molecule is CCOCC(N)C1(O)CCOC1. The number of hydrogen-bond acceptors (Lipinski definition) is 4. The van der Waals surface area contributed by atoms with Crippen LogP contribution in [0.25, 0.3) is 0 Å². The molecule has 1 rings (SSSR count). The fourth-order valence-corrected chi connectivity index (χ4v) is 1.26. The van der Waals surface area contributed by atoms with Gasteiger partial charge in [0.25, 0.3) is 0 Å². The predicted molar refractivity (Wildman–Crippen MR) is 44.9 cm³/mol. The van der Waals surface area contributed by atoms with Gasteiger partial charge in [0.05, 0.1) is 19.3 Å². The van der Waals surface area contributed by atoms with Crippen LogP contribution in [0.5, 0.6) is 0 Å². The molecule has 12 heavy (non-hydrogen) atoms. The molecule has 1 aliphatic rings. The number of ether oxygens (including phenoxy) is 2. The Morgan fingerprint density at radius 2 is 2.50 bits per heavy atom. The zero-order valence-electron chi connectivity index (χ0n) is 7.45. The van der Waals surface area contributed by atoms with E-state index in [2.05, 4.69) is 0 Å². The largest absolute Gasteiger partial charge is 0.386 e. The Morgan fingerprint density at radius 1 is 1.75 bits per heavy atom. The maximum atomic E-state index is 9.86. The number of aliphatic hydroxyl groups is 1. The van der Waals surface area contributed by atoms with Gasteiger partial charge in [-0.05, 0) is 6.92 Å². The topological polar surface area (TPSA) is 64.7 Å². The highest BCUT2D eigenvalue weighted by Gasteiger charge is 2.38. The Hall–Kier alpha value is -0.160. The molecule has 0 saturated carbocycles. The summed E-state index contributed by atoms with van der Waals surface area (Å²) in [6, 6.07) is -0.333. The first kappa shape index (κ1) is 9.92. The van der Waals surface area contributed by atoms with Crippen LogP contribution in [0.4, 0.5) is 0 Å². The fraction of sp³-hybridized carbons (Fsp3) is 1.00. The van der Waals surface area contributed by atoms with Gasteiger partial charge in [-0.25, -0.2) is 0 Å². The van der Waals surface area contributed by atoms with Crippen molar-refractivity contribution in [2.24, 2.45) is 5.73 Å². The lowest BCUT2D eigenvalue weighted by atomic mass is 9.95. The molecule has 2 atom stereocenters. The van der Waals surface area contributed by atoms with Gasteiger partial charge in [-0.3, -0.25) is 0 Å². The highest BCUT2D eigenvalue weighted by atomic mass is 16.5. The minimum Gasteiger partial charge on any atom is -0.386 e. The molecule has 0 amide bonds. The van der Waals surface area contributed by atoms with Crippen LogP contribution < -0.4 is 5.73 Å². The molecular weight excluding hydrogens is 158 g/mol. The minimum atomic E-state index is -0.866. The van der Waals surface area contributed by atoms with Crippen molar-refractivity contribution in [2.45, 2.75) is 25.0 Å². The molecule has 0 aliphatic carbocycles. The van der Waals surface area contributed by atoms with E-state index in [4.69, 9.17) is 15.2 Å². The summed E-state index contributed by atoms with van der Waals surface area (Å²) in [6.45, 7) is 3.86. The standard InChI is InChI=1S/C8H17NO3/c1-2-11-5-7(9)8(10)3-4-12-6-8/h7,10H,2-6,9H2,1H3. The first-order valence-electron chi connectivity index (χ1n) is 4.32. The van der Waals surface area contributed by atoms with Crippen LogP contribution in [0, 0.1) is 0 Å². The van der Waals surface area contributed by atoms with Crippen molar-refractivity contribution in [3.63, 3.8) is 0 Å². The summed E-state index contributed by atoms with van der Waals surface area (Å²) in [7, 11) is 0. The van der Waals surface area contributed by atoms with Gasteiger partial charge in [-0.2, -0.15) is 0 Å². The molecule has 2 unspecified atom stereocenters. The lowest BCUT2D eigenvalue weighted by Gasteiger charge is -2.27. The van der Waals surface area contributed by atoms with Gasteiger partial charge in [0, 0.05) is 19.6 Å². The van der Waals surface area contributed by atoms with E-state index in [0.717, 1.165) is 0 Å². The molecule has 3 N–H and O–H groups in total. The number of rotatable bonds is 4. The molecule has 72 valence electrons. The molecule has 0 aromatic rings. The molecule has 4 heteroatoms. The summed E-state index contributed by atoms with van der Waals surface area (Å²) in [6.07, 6.45) is 0.612. The second-order valence-corrected chi connectivity index (χ2v) is 3.17. The predicted octanol–water partition coefficient (Wildman–Crippen LogP) is -0.498. The third-order valence-corrected chi connectivity index (χ3v) is 2.22. The molecule has 1 heterocycles. The normalized spacial score (nSPS) is 32.2. The van der Waals surface area contributed by atoms with Crippen LogP contribution in [-0.4, -0.2) is 43.2 Å². The zero-order chi connectivity index (χ0) is 9.03. The van der Waals surface area contributed by atoms with Crippen LogP contribution in [0.3, 0.4) is 0 Å². The van der Waals surface area contributed by atoms with E-state index in [0.29, 0.717) is 32.8 Å². The average Bonchev–Trinajstić information content (AvgIpc) is 2.49. The third-order valence-electron chi connectivity index (χ3n) is 2.22. The van der Waals surface area contributed by atoms with Gasteiger partial charge in [0.15, 0.2) is 0 Å². The van der Waals surface area contributed by atoms with Gasteiger partial charge in [0.2, 0.25) is 0 Å². The summed E-state index contributed by atoms with van der Waals surface area (Å²) in [5.74, 6) is 0. The van der Waals surface area contributed by atoms with E-state index >= 15 is 0 Å². The molecule has 1 saturated heterocycles. The van der Waals surface area contributed by atoms with Gasteiger partial charge in [0.1, 0.15) is 5.60 Å². The monoisotopic (exact) mass is 175 g/mol. The van der Waals surface area contributed by atoms with E-state index in [1.54, 1.807) is 0 Å². The third kappa shape index (κ3) is 2.17. The van der Waals surface area contributed by atoms with Gasteiger partial charge >= 0.3 is 0 Å². The Balaban J connectivity index is 2.33. The first-order chi connectivity index (χ1) is 5.69. The summed E-state index contributed by atoms with van der Waals surface area (Å²) in [5.41, 5.74) is 4.88. The molecule has 1 aliphatic heterocycles. The van der Waals surface area contributed by atoms with Crippen molar-refractivity contribution in [2.75, 3.05) is 26.4 Å². The molecule has 0 aromatic heterocycles. The quantitative estimate of drug-likeness (QED) is 0.604. The Labute approximate surface area is 72.6 Å². The van der Waals surface area contributed by atoms with Crippen LogP contribution in [0.2, 0.25) is 0 Å². The Kier molecular flexibility index (Phi) is 3.46. The second-order valence-electron chi connectivity index (χ2n) is 3.17. The van der Waals surface area contributed by atoms with E-state index in [1.165, 1.54) is 0 Å². The molecule has 0 aromatic carbocycles. The highest BCUT2D eigenvalue weighted by molar-refractivity contribution is 4.92. The van der Waals surface area contributed by atoms with Crippen LogP contribution in [-0.2, 0) is 9.47 Å². The molecule has 4 nitrogen and oxygen atoms in total. The molecule has 0 radical (unpaired) electrons. The van der Waals surface area contributed by atoms with Crippen molar-refractivity contribution in [3.8, 4) is 0 Å². The summed E-state index contributed by atoms with van der Waals surface area (Å²) in [4.78, 5) is 0. The smallest absolute Gasteiger partial charge is 0.107 e. The van der Waals surface area contributed by atoms with Crippen molar-refractivity contribution in [3.05, 3.63) is 0 Å². The highest BCUT2D eigenvalue weighted by Crippen LogP contribution is 2.21. The number of nitrogens with two attached hydrogens (primary N) is 1. The van der Waals surface area contributed by atoms with Crippen LogP contribution >= 0.6 is 0 Å². The summed E-state index contributed by atoms with van der Waals surface area (Å²) >= 11 is 0. The minimum absolute atomic E-state index is 0.333. The van der Waals surface area contributed by atoms with Crippen LogP contribution in [0.1, 0.15) is 13.3 Å². The Bertz CT molecular complexity index is 134. The maximum Gasteiger partial charge on any atom is 0.107 e. The lowest BCUT2D eigenvalue weighted by Crippen LogP contribution is -2.51. The number of hydrogen-bond donors (Lipinski definition) is 2. The Morgan fingerprint density at radius 3 is 3.00 bits per heavy atom. The fourth-order valence-electron chi connectivity index (χ4n) is 1.26. The molecule has 1 fully saturated rings. The van der Waals surface area contributed by atoms with E-state index in [-0.39, 0.29) is 6.04 Å². The maximum absolute atomic E-state index is 9.86. The van der Waals surface area contributed by atoms with Gasteiger partial charge < -0.3 is 20.3 Å². The van der Waals surface area contributed by atoms with E-state index in [9.17, 15) is 5.11 Å². The van der Waals surface area contributed by atoms with Crippen molar-refractivity contribution in [1.82, 2.24) is 0 Å². The van der Waals surface area contributed by atoms with Gasteiger partial charge in [-0.15, -0.1) is 0 Å². The van der Waals surface area contributed by atoms with E-state index in [1.807, 2.05) is 6.92 Å². The first-order valence-corrected chi connectivity index (χ1v) is 4.32. The zero-order valence-corrected chi connectivity index (χ0v) is 7.45. The molecular formula is C8H17NO3. The van der Waals surface area contributed by atoms with Crippen molar-refractivity contribution < 1.29 is 14.6 Å². The van der Waals surface area contributed by atoms with Gasteiger partial charge in [-0.1, -0.05) is 0 Å². The molecule has 0 bridgehead atoms. The second kappa shape index (κ2) is 4.18. The summed E-state index contributed by atoms with van der Waals surface area (Å²) < 4.78 is 10.2. The average molecular weight is 175 g/mol. The lowest BCUT2D eigenvalue weighted by molar-refractivity contribution is -0.0230. The van der Waals surface area contributed by atoms with Crippen molar-refractivity contribution >= 4 is 0 Å². The summed E-state index contributed by atoms with van der Waals surface area (Å²) in [5, 5.41) is 9.86. The van der Waals surface area contributed by atoms with E-state index < -0.39 is 5.60 Å². The van der Waals surface area contributed by atoms with Crippen LogP contribution in [0.15, 0.2) is 0 Å². The van der Waals surface area contributed by atoms with Crippen molar-refractivity contribution in [1.29, 1.82) is 0 Å². The molecule has 0 spiro atoms.